The molecule has 1 N–H and O–H groups in total. The van der Waals surface area contributed by atoms with E-state index in [1.807, 2.05) is 6.07 Å². The van der Waals surface area contributed by atoms with Crippen LogP contribution in [-0.4, -0.2) is 34.3 Å². The summed E-state index contributed by atoms with van der Waals surface area (Å²) < 4.78 is 3.19. The van der Waals surface area contributed by atoms with Crippen molar-refractivity contribution in [2.24, 2.45) is 0 Å². The van der Waals surface area contributed by atoms with E-state index in [1.54, 1.807) is 0 Å². The zero-order valence-electron chi connectivity index (χ0n) is 13.6. The lowest BCUT2D eigenvalue weighted by Gasteiger charge is -2.34. The lowest BCUT2D eigenvalue weighted by Crippen LogP contribution is -2.34. The van der Waals surface area contributed by atoms with Crippen LogP contribution in [-0.2, 0) is 6.42 Å². The maximum atomic E-state index is 5.07. The van der Waals surface area contributed by atoms with Gasteiger partial charge in [-0.3, -0.25) is 4.90 Å². The molecule has 1 atom stereocenters. The van der Waals surface area contributed by atoms with Crippen LogP contribution in [0.5, 0.6) is 0 Å². The number of fused-ring (bicyclic) bond motifs is 1. The number of nitrogens with zero attached hydrogens (tertiary/aromatic N) is 3. The zero-order valence-corrected chi connectivity index (χ0v) is 15.1. The molecular weight excluding hydrogens is 352 g/mol. The molecule has 1 aromatic carbocycles. The smallest absolute Gasteiger partial charge is 0.133 e. The fraction of sp³-hybridized carbons (Fsp3) is 0.500. The van der Waals surface area contributed by atoms with Crippen molar-refractivity contribution < 1.29 is 0 Å². The number of para-hydroxylation sites is 1. The largest absolute Gasteiger partial charge is 0.369 e. The SMILES string of the molecule is CCN1CCCCC1c1nn(-c2ccccc2Br)c2c1CCN2. The van der Waals surface area contributed by atoms with E-state index in [9.17, 15) is 0 Å². The molecule has 4 rings (SSSR count). The molecule has 0 bridgehead atoms. The molecule has 2 aromatic rings. The first-order valence-corrected chi connectivity index (χ1v) is 9.43. The van der Waals surface area contributed by atoms with Crippen LogP contribution in [0, 0.1) is 0 Å². The summed E-state index contributed by atoms with van der Waals surface area (Å²) in [5, 5.41) is 8.62. The third-order valence-corrected chi connectivity index (χ3v) is 5.77. The van der Waals surface area contributed by atoms with Gasteiger partial charge in [0, 0.05) is 16.6 Å². The van der Waals surface area contributed by atoms with Crippen molar-refractivity contribution in [2.45, 2.75) is 38.6 Å². The van der Waals surface area contributed by atoms with Crippen LogP contribution < -0.4 is 5.32 Å². The van der Waals surface area contributed by atoms with Crippen molar-refractivity contribution in [2.75, 3.05) is 25.0 Å². The molecule has 4 nitrogen and oxygen atoms in total. The summed E-state index contributed by atoms with van der Waals surface area (Å²) in [6, 6.07) is 8.80. The number of benzene rings is 1. The van der Waals surface area contributed by atoms with E-state index in [1.165, 1.54) is 42.9 Å². The highest BCUT2D eigenvalue weighted by molar-refractivity contribution is 9.10. The maximum Gasteiger partial charge on any atom is 0.133 e. The Morgan fingerprint density at radius 3 is 3.00 bits per heavy atom. The minimum atomic E-state index is 0.478. The first-order valence-electron chi connectivity index (χ1n) is 8.64. The van der Waals surface area contributed by atoms with E-state index in [2.05, 4.69) is 56.0 Å². The minimum absolute atomic E-state index is 0.478. The van der Waals surface area contributed by atoms with E-state index in [4.69, 9.17) is 5.10 Å². The molecule has 0 radical (unpaired) electrons. The molecule has 1 saturated heterocycles. The Hall–Kier alpha value is -1.33. The van der Waals surface area contributed by atoms with Gasteiger partial charge >= 0.3 is 0 Å². The molecule has 1 aromatic heterocycles. The number of likely N-dealkylation sites (tertiary alicyclic amines) is 1. The highest BCUT2D eigenvalue weighted by atomic mass is 79.9. The van der Waals surface area contributed by atoms with Crippen molar-refractivity contribution in [3.63, 3.8) is 0 Å². The van der Waals surface area contributed by atoms with Crippen LogP contribution in [0.4, 0.5) is 5.82 Å². The lowest BCUT2D eigenvalue weighted by molar-refractivity contribution is 0.153. The van der Waals surface area contributed by atoms with Crippen molar-refractivity contribution in [1.29, 1.82) is 0 Å². The molecule has 1 fully saturated rings. The first-order chi connectivity index (χ1) is 11.3. The highest BCUT2D eigenvalue weighted by Gasteiger charge is 2.32. The third kappa shape index (κ3) is 2.60. The molecule has 1 unspecified atom stereocenters. The van der Waals surface area contributed by atoms with Crippen molar-refractivity contribution >= 4 is 21.7 Å². The lowest BCUT2D eigenvalue weighted by atomic mass is 9.96. The summed E-state index contributed by atoms with van der Waals surface area (Å²) in [6.45, 7) is 5.59. The Balaban J connectivity index is 1.80. The van der Waals surface area contributed by atoms with Crippen molar-refractivity contribution in [3.05, 3.63) is 40.0 Å². The van der Waals surface area contributed by atoms with Crippen molar-refractivity contribution in [3.8, 4) is 5.69 Å². The molecule has 122 valence electrons. The molecule has 2 aliphatic heterocycles. The monoisotopic (exact) mass is 374 g/mol. The minimum Gasteiger partial charge on any atom is -0.369 e. The summed E-state index contributed by atoms with van der Waals surface area (Å²) >= 11 is 3.67. The summed E-state index contributed by atoms with van der Waals surface area (Å²) in [4.78, 5) is 2.59. The van der Waals surface area contributed by atoms with Gasteiger partial charge in [0.1, 0.15) is 5.82 Å². The van der Waals surface area contributed by atoms with Gasteiger partial charge in [-0.15, -0.1) is 0 Å². The molecule has 0 amide bonds. The van der Waals surface area contributed by atoms with Gasteiger partial charge in [0.2, 0.25) is 0 Å². The highest BCUT2D eigenvalue weighted by Crippen LogP contribution is 2.38. The fourth-order valence-electron chi connectivity index (χ4n) is 3.95. The van der Waals surface area contributed by atoms with Gasteiger partial charge in [0.05, 0.1) is 17.4 Å². The Morgan fingerprint density at radius 1 is 1.30 bits per heavy atom. The fourth-order valence-corrected chi connectivity index (χ4v) is 4.40. The second-order valence-electron chi connectivity index (χ2n) is 6.39. The van der Waals surface area contributed by atoms with E-state index in [-0.39, 0.29) is 0 Å². The first kappa shape index (κ1) is 15.2. The predicted molar refractivity (Wildman–Crippen MR) is 97.3 cm³/mol. The molecule has 0 aliphatic carbocycles. The van der Waals surface area contributed by atoms with Gasteiger partial charge in [-0.05, 0) is 60.4 Å². The third-order valence-electron chi connectivity index (χ3n) is 5.10. The summed E-state index contributed by atoms with van der Waals surface area (Å²) in [6.07, 6.45) is 4.94. The van der Waals surface area contributed by atoms with Gasteiger partial charge in [-0.2, -0.15) is 5.10 Å². The number of hydrogen-bond donors (Lipinski definition) is 1. The normalized spacial score (nSPS) is 21.2. The topological polar surface area (TPSA) is 33.1 Å². The maximum absolute atomic E-state index is 5.07. The number of piperidine rings is 1. The Morgan fingerprint density at radius 2 is 2.17 bits per heavy atom. The molecule has 0 saturated carbocycles. The number of halogens is 1. The second kappa shape index (κ2) is 6.29. The van der Waals surface area contributed by atoms with E-state index in [0.29, 0.717) is 6.04 Å². The van der Waals surface area contributed by atoms with E-state index in [0.717, 1.165) is 29.7 Å². The number of anilines is 1. The average molecular weight is 375 g/mol. The molecule has 2 aliphatic rings. The quantitative estimate of drug-likeness (QED) is 0.875. The molecule has 0 spiro atoms. The Labute approximate surface area is 146 Å². The van der Waals surface area contributed by atoms with Gasteiger partial charge in [0.15, 0.2) is 0 Å². The number of rotatable bonds is 3. The Kier molecular flexibility index (Phi) is 4.16. The summed E-state index contributed by atoms with van der Waals surface area (Å²) in [5.41, 5.74) is 3.83. The van der Waals surface area contributed by atoms with Crippen LogP contribution in [0.15, 0.2) is 28.7 Å². The number of aromatic nitrogens is 2. The van der Waals surface area contributed by atoms with Crippen LogP contribution in [0.1, 0.15) is 43.5 Å². The average Bonchev–Trinajstić information content (AvgIpc) is 3.18. The van der Waals surface area contributed by atoms with Crippen LogP contribution >= 0.6 is 15.9 Å². The van der Waals surface area contributed by atoms with Crippen LogP contribution in [0.25, 0.3) is 5.69 Å². The summed E-state index contributed by atoms with van der Waals surface area (Å²) in [5.74, 6) is 1.19. The number of nitrogens with one attached hydrogen (secondary N) is 1. The standard InChI is InChI=1S/C18H23BrN4/c1-2-22-12-6-5-9-16(22)17-13-10-11-20-18(13)23(21-17)15-8-4-3-7-14(15)19/h3-4,7-8,16,20H,2,5-6,9-12H2,1H3. The van der Waals surface area contributed by atoms with E-state index < -0.39 is 0 Å². The van der Waals surface area contributed by atoms with Crippen LogP contribution in [0.2, 0.25) is 0 Å². The summed E-state index contributed by atoms with van der Waals surface area (Å²) in [7, 11) is 0. The molecule has 23 heavy (non-hydrogen) atoms. The van der Waals surface area contributed by atoms with E-state index >= 15 is 0 Å². The van der Waals surface area contributed by atoms with Gasteiger partial charge in [0.25, 0.3) is 0 Å². The second-order valence-corrected chi connectivity index (χ2v) is 7.25. The zero-order chi connectivity index (χ0) is 15.8. The van der Waals surface area contributed by atoms with Crippen LogP contribution in [0.3, 0.4) is 0 Å². The van der Waals surface area contributed by atoms with Gasteiger partial charge in [-0.1, -0.05) is 25.5 Å². The van der Waals surface area contributed by atoms with Crippen molar-refractivity contribution in [1.82, 2.24) is 14.7 Å². The Bertz CT molecular complexity index is 709. The molecule has 3 heterocycles. The van der Waals surface area contributed by atoms with Gasteiger partial charge < -0.3 is 5.32 Å². The number of hydrogen-bond acceptors (Lipinski definition) is 3. The van der Waals surface area contributed by atoms with Gasteiger partial charge in [-0.25, -0.2) is 4.68 Å². The molecule has 5 heteroatoms. The predicted octanol–water partition coefficient (Wildman–Crippen LogP) is 4.15. The molecular formula is C18H23BrN4.